The number of aliphatic hydroxyl groups excluding tert-OH is 1. The van der Waals surface area contributed by atoms with E-state index in [-0.39, 0.29) is 94.4 Å². The van der Waals surface area contributed by atoms with Crippen LogP contribution in [0, 0.1) is 0 Å². The summed E-state index contributed by atoms with van der Waals surface area (Å²) in [5, 5.41) is 7.96. The summed E-state index contributed by atoms with van der Waals surface area (Å²) in [4.78, 5) is 15.9. The monoisotopic (exact) mass is 226 g/mol. The number of rotatable bonds is 3. The summed E-state index contributed by atoms with van der Waals surface area (Å²) in [6, 6.07) is 0. The summed E-state index contributed by atoms with van der Waals surface area (Å²) in [6.45, 7) is -0.713. The molecule has 0 atom stereocenters. The largest absolute Gasteiger partial charge is 2.00 e. The number of phosphoric ester groups is 1. The van der Waals surface area contributed by atoms with Crippen molar-refractivity contribution in [2.24, 2.45) is 0 Å². The Morgan fingerprint density at radius 1 is 1.40 bits per heavy atom. The summed E-state index contributed by atoms with van der Waals surface area (Å²) in [7, 11) is -4.34. The van der Waals surface area contributed by atoms with Gasteiger partial charge in [0.25, 0.3) is 0 Å². The number of hydrogen-bond acceptors (Lipinski definition) is 3. The maximum Gasteiger partial charge on any atom is 2.00 e. The Labute approximate surface area is 124 Å². The zero-order valence-electron chi connectivity index (χ0n) is 9.43. The summed E-state index contributed by atoms with van der Waals surface area (Å²) >= 11 is 0. The number of aliphatic hydroxyl groups is 1. The Morgan fingerprint density at radius 3 is 1.90 bits per heavy atom. The van der Waals surface area contributed by atoms with E-state index in [4.69, 9.17) is 14.9 Å². The third-order valence-electron chi connectivity index (χ3n) is 0.351. The van der Waals surface area contributed by atoms with Gasteiger partial charge >= 0.3 is 83.3 Å². The van der Waals surface area contributed by atoms with Gasteiger partial charge in [0.2, 0.25) is 0 Å². The normalized spacial score (nSPS) is 9.50. The first-order valence-electron chi connectivity index (χ1n) is 1.87. The van der Waals surface area contributed by atoms with Crippen LogP contribution in [0.1, 0.15) is 5.71 Å². The molecule has 0 heterocycles. The summed E-state index contributed by atoms with van der Waals surface area (Å²) in [6.07, 6.45) is 0. The van der Waals surface area contributed by atoms with E-state index in [1.807, 2.05) is 0 Å². The molecule has 0 amide bonds. The molecule has 0 aliphatic rings. The molecule has 0 fully saturated rings. The van der Waals surface area contributed by atoms with Crippen molar-refractivity contribution in [1.29, 1.82) is 0 Å². The molecule has 10 heavy (non-hydrogen) atoms. The molecular weight excluding hydrogens is 215 g/mol. The van der Waals surface area contributed by atoms with E-state index in [2.05, 4.69) is 4.52 Å². The van der Waals surface area contributed by atoms with E-state index >= 15 is 0 Å². The first-order valence-corrected chi connectivity index (χ1v) is 3.40. The van der Waals surface area contributed by atoms with E-state index in [0.29, 0.717) is 0 Å². The SMILES string of the molecule is O=P(O)(O)OCCO.[Ca+2].[Ca+2].[H-].[H-].[H-].[H-]. The molecule has 0 spiro atoms. The van der Waals surface area contributed by atoms with Gasteiger partial charge in [-0.25, -0.2) is 4.57 Å². The van der Waals surface area contributed by atoms with Gasteiger partial charge < -0.3 is 20.6 Å². The predicted octanol–water partition coefficient (Wildman–Crippen LogP) is -1.22. The minimum atomic E-state index is -4.34. The second-order valence-electron chi connectivity index (χ2n) is 1.05. The van der Waals surface area contributed by atoms with E-state index in [1.54, 1.807) is 0 Å². The topological polar surface area (TPSA) is 87.0 Å². The molecule has 0 radical (unpaired) electrons. The van der Waals surface area contributed by atoms with Gasteiger partial charge in [-0.2, -0.15) is 0 Å². The van der Waals surface area contributed by atoms with Gasteiger partial charge in [-0.15, -0.1) is 0 Å². The fraction of sp³-hybridized carbons (Fsp3) is 1.00. The van der Waals surface area contributed by atoms with Gasteiger partial charge in [-0.05, 0) is 0 Å². The van der Waals surface area contributed by atoms with Crippen LogP contribution in [-0.4, -0.2) is 104 Å². The Bertz CT molecular complexity index is 114. The molecule has 0 bridgehead atoms. The van der Waals surface area contributed by atoms with Crippen LogP contribution in [-0.2, 0) is 9.09 Å². The smallest absolute Gasteiger partial charge is 1.00 e. The van der Waals surface area contributed by atoms with Gasteiger partial charge in [0.15, 0.2) is 0 Å². The van der Waals surface area contributed by atoms with Gasteiger partial charge in [0, 0.05) is 0 Å². The van der Waals surface area contributed by atoms with E-state index in [1.165, 1.54) is 0 Å². The molecule has 8 heteroatoms. The third kappa shape index (κ3) is 16.9. The molecule has 0 rings (SSSR count). The van der Waals surface area contributed by atoms with Crippen molar-refractivity contribution < 1.29 is 29.7 Å². The van der Waals surface area contributed by atoms with Crippen molar-refractivity contribution in [3.63, 3.8) is 0 Å². The molecule has 0 aromatic heterocycles. The van der Waals surface area contributed by atoms with Crippen molar-refractivity contribution in [1.82, 2.24) is 0 Å². The number of hydrogen-bond donors (Lipinski definition) is 3. The zero-order chi connectivity index (χ0) is 6.62. The Hall–Kier alpha value is 2.59. The van der Waals surface area contributed by atoms with E-state index < -0.39 is 7.82 Å². The molecule has 0 unspecified atom stereocenters. The molecule has 0 aromatic rings. The van der Waals surface area contributed by atoms with Crippen LogP contribution >= 0.6 is 7.82 Å². The standard InChI is InChI=1S/C2H7O5P.2Ca.4H/c3-1-2-7-8(4,5)6;;;;;;/h3H,1-2H2,(H2,4,5,6);;;;;;/q;2*+2;4*-1. The van der Waals surface area contributed by atoms with Crippen LogP contribution in [0.4, 0.5) is 0 Å². The second-order valence-corrected chi connectivity index (χ2v) is 2.29. The molecule has 0 aliphatic heterocycles. The van der Waals surface area contributed by atoms with Gasteiger partial charge in [-0.3, -0.25) is 4.52 Å². The fourth-order valence-electron chi connectivity index (χ4n) is 0.160. The van der Waals surface area contributed by atoms with Crippen molar-refractivity contribution in [3.05, 3.63) is 0 Å². The van der Waals surface area contributed by atoms with Crippen LogP contribution < -0.4 is 0 Å². The first kappa shape index (κ1) is 18.4. The van der Waals surface area contributed by atoms with Crippen LogP contribution in [0.2, 0.25) is 0 Å². The van der Waals surface area contributed by atoms with Crippen LogP contribution in [0.15, 0.2) is 0 Å². The minimum Gasteiger partial charge on any atom is -1.00 e. The maximum atomic E-state index is 9.75. The average Bonchev–Trinajstić information content (AvgIpc) is 1.59. The average molecular weight is 226 g/mol. The Balaban J connectivity index is -0.0000000163. The molecule has 0 aromatic carbocycles. The Morgan fingerprint density at radius 2 is 1.80 bits per heavy atom. The summed E-state index contributed by atoms with van der Waals surface area (Å²) in [5.74, 6) is 0. The fourth-order valence-corrected chi connectivity index (χ4v) is 0.479. The van der Waals surface area contributed by atoms with Gasteiger partial charge in [-0.1, -0.05) is 0 Å². The second kappa shape index (κ2) is 9.68. The Kier molecular flexibility index (Phi) is 17.8. The van der Waals surface area contributed by atoms with Crippen molar-refractivity contribution in [2.75, 3.05) is 13.2 Å². The number of phosphoric acid groups is 1. The zero-order valence-corrected chi connectivity index (χ0v) is 10.7. The molecule has 5 nitrogen and oxygen atoms in total. The van der Waals surface area contributed by atoms with Crippen molar-refractivity contribution >= 4 is 83.3 Å². The summed E-state index contributed by atoms with van der Waals surface area (Å²) in [5.41, 5.74) is 0. The van der Waals surface area contributed by atoms with Crippen molar-refractivity contribution in [2.45, 2.75) is 0 Å². The molecule has 58 valence electrons. The van der Waals surface area contributed by atoms with Crippen LogP contribution in [0.3, 0.4) is 0 Å². The third-order valence-corrected chi connectivity index (χ3v) is 0.870. The quantitative estimate of drug-likeness (QED) is 0.414. The van der Waals surface area contributed by atoms with Gasteiger partial charge in [0.05, 0.1) is 13.2 Å². The molecule has 0 aliphatic carbocycles. The first-order chi connectivity index (χ1) is 3.56. The summed E-state index contributed by atoms with van der Waals surface area (Å²) < 4.78 is 13.5. The molecular formula is C2H11Ca2O5P. The molecule has 0 saturated heterocycles. The maximum absolute atomic E-state index is 9.75. The van der Waals surface area contributed by atoms with E-state index in [9.17, 15) is 4.57 Å². The van der Waals surface area contributed by atoms with Crippen LogP contribution in [0.25, 0.3) is 0 Å². The predicted molar refractivity (Wildman–Crippen MR) is 41.0 cm³/mol. The van der Waals surface area contributed by atoms with Crippen LogP contribution in [0.5, 0.6) is 0 Å². The van der Waals surface area contributed by atoms with E-state index in [0.717, 1.165) is 0 Å². The minimum absolute atomic E-state index is 0. The molecule has 0 saturated carbocycles. The molecule has 3 N–H and O–H groups in total. The van der Waals surface area contributed by atoms with Gasteiger partial charge in [0.1, 0.15) is 0 Å². The van der Waals surface area contributed by atoms with Crippen molar-refractivity contribution in [3.8, 4) is 0 Å².